The number of hydrogen-bond donors (Lipinski definition) is 2. The minimum absolute atomic E-state index is 0.159. The number of amides is 3. The van der Waals surface area contributed by atoms with Crippen molar-refractivity contribution in [1.29, 1.82) is 0 Å². The molecular weight excluding hydrogens is 464 g/mol. The molecule has 1 aliphatic heterocycles. The number of hydrogen-bond acceptors (Lipinski definition) is 4. The maximum absolute atomic E-state index is 12.9. The topological polar surface area (TPSA) is 82.5 Å². The number of nitrogens with zero attached hydrogens (tertiary/aromatic N) is 4. The van der Waals surface area contributed by atoms with E-state index < -0.39 is 0 Å². The summed E-state index contributed by atoms with van der Waals surface area (Å²) in [6, 6.07) is 17.5. The Morgan fingerprint density at radius 2 is 1.73 bits per heavy atom. The molecule has 1 fully saturated rings. The van der Waals surface area contributed by atoms with Gasteiger partial charge in [-0.25, -0.2) is 9.48 Å². The number of rotatable bonds is 7. The van der Waals surface area contributed by atoms with Crippen molar-refractivity contribution >= 4 is 23.4 Å². The van der Waals surface area contributed by atoms with E-state index in [2.05, 4.69) is 43.2 Å². The van der Waals surface area contributed by atoms with Crippen molar-refractivity contribution in [1.82, 2.24) is 19.6 Å². The summed E-state index contributed by atoms with van der Waals surface area (Å²) in [7, 11) is 0. The smallest absolute Gasteiger partial charge is 0.324 e. The Hall–Kier alpha value is -3.65. The van der Waals surface area contributed by atoms with Crippen molar-refractivity contribution in [2.24, 2.45) is 0 Å². The molecular formula is C29H38N6O2. The van der Waals surface area contributed by atoms with Crippen molar-refractivity contribution in [3.8, 4) is 5.69 Å². The van der Waals surface area contributed by atoms with Gasteiger partial charge in [-0.05, 0) is 43.2 Å². The van der Waals surface area contributed by atoms with Crippen LogP contribution in [0, 0.1) is 6.92 Å². The van der Waals surface area contributed by atoms with E-state index in [0.29, 0.717) is 24.6 Å². The number of aromatic nitrogens is 2. The van der Waals surface area contributed by atoms with Crippen LogP contribution in [0.4, 0.5) is 16.3 Å². The van der Waals surface area contributed by atoms with Gasteiger partial charge in [-0.15, -0.1) is 0 Å². The van der Waals surface area contributed by atoms with Gasteiger partial charge >= 0.3 is 6.03 Å². The second kappa shape index (κ2) is 11.2. The van der Waals surface area contributed by atoms with Crippen molar-refractivity contribution in [2.75, 3.05) is 30.4 Å². The lowest BCUT2D eigenvalue weighted by molar-refractivity contribution is -0.138. The van der Waals surface area contributed by atoms with Gasteiger partial charge in [0.05, 0.1) is 18.1 Å². The minimum Gasteiger partial charge on any atom is -0.330 e. The van der Waals surface area contributed by atoms with Crippen LogP contribution in [0.5, 0.6) is 0 Å². The summed E-state index contributed by atoms with van der Waals surface area (Å²) in [5.74, 6) is 0.848. The Morgan fingerprint density at radius 1 is 1.03 bits per heavy atom. The van der Waals surface area contributed by atoms with Crippen LogP contribution >= 0.6 is 0 Å². The van der Waals surface area contributed by atoms with Gasteiger partial charge in [0, 0.05) is 43.2 Å². The quantitative estimate of drug-likeness (QED) is 0.445. The van der Waals surface area contributed by atoms with E-state index in [1.54, 1.807) is 4.68 Å². The van der Waals surface area contributed by atoms with Crippen LogP contribution in [0.15, 0.2) is 54.6 Å². The number of carbonyl (C=O) groups excluding carboxylic acids is 2. The normalized spacial score (nSPS) is 14.6. The second-order valence-electron chi connectivity index (χ2n) is 10.8. The second-order valence-corrected chi connectivity index (χ2v) is 10.8. The third kappa shape index (κ3) is 6.77. The van der Waals surface area contributed by atoms with E-state index in [9.17, 15) is 9.59 Å². The zero-order valence-corrected chi connectivity index (χ0v) is 22.5. The van der Waals surface area contributed by atoms with Crippen molar-refractivity contribution in [2.45, 2.75) is 59.4 Å². The van der Waals surface area contributed by atoms with E-state index in [1.165, 1.54) is 0 Å². The van der Waals surface area contributed by atoms with Crippen LogP contribution in [-0.4, -0.2) is 51.3 Å². The first-order valence-electron chi connectivity index (χ1n) is 13.0. The molecule has 0 bridgehead atoms. The van der Waals surface area contributed by atoms with Crippen LogP contribution < -0.4 is 10.6 Å². The van der Waals surface area contributed by atoms with E-state index >= 15 is 0 Å². The van der Waals surface area contributed by atoms with Gasteiger partial charge in [-0.1, -0.05) is 57.5 Å². The predicted octanol–water partition coefficient (Wildman–Crippen LogP) is 5.52. The molecule has 8 heteroatoms. The summed E-state index contributed by atoms with van der Waals surface area (Å²) in [5, 5.41) is 10.7. The van der Waals surface area contributed by atoms with E-state index in [1.807, 2.05) is 66.4 Å². The summed E-state index contributed by atoms with van der Waals surface area (Å²) in [5.41, 5.74) is 4.63. The van der Waals surface area contributed by atoms with Crippen molar-refractivity contribution in [3.63, 3.8) is 0 Å². The molecule has 196 valence electrons. The van der Waals surface area contributed by atoms with Crippen molar-refractivity contribution in [3.05, 3.63) is 71.4 Å². The Balaban J connectivity index is 1.41. The van der Waals surface area contributed by atoms with Gasteiger partial charge in [-0.3, -0.25) is 15.0 Å². The molecule has 2 N–H and O–H groups in total. The fourth-order valence-electron chi connectivity index (χ4n) is 4.35. The molecule has 37 heavy (non-hydrogen) atoms. The highest BCUT2D eigenvalue weighted by atomic mass is 16.2. The zero-order chi connectivity index (χ0) is 26.6. The van der Waals surface area contributed by atoms with Gasteiger partial charge < -0.3 is 10.2 Å². The predicted molar refractivity (Wildman–Crippen MR) is 148 cm³/mol. The van der Waals surface area contributed by atoms with Crippen molar-refractivity contribution < 1.29 is 9.59 Å². The average molecular weight is 503 g/mol. The Morgan fingerprint density at radius 3 is 2.38 bits per heavy atom. The summed E-state index contributed by atoms with van der Waals surface area (Å²) in [6.07, 6.45) is 1.53. The molecule has 0 spiro atoms. The lowest BCUT2D eigenvalue weighted by Gasteiger charge is -2.35. The molecule has 3 amide bonds. The molecule has 4 rings (SSSR count). The SMILES string of the molecule is CCCN1CN(Cc2ccc(NC(=O)Nc3cc(C(C)(C)C)nn3-c3ccc(C)cc3)cc2)CCC1=O. The van der Waals surface area contributed by atoms with Gasteiger partial charge in [0.2, 0.25) is 5.91 Å². The summed E-state index contributed by atoms with van der Waals surface area (Å²) >= 11 is 0. The van der Waals surface area contributed by atoms with Crippen LogP contribution in [0.25, 0.3) is 5.69 Å². The Kier molecular flexibility index (Phi) is 7.97. The molecule has 0 radical (unpaired) electrons. The zero-order valence-electron chi connectivity index (χ0n) is 22.5. The van der Waals surface area contributed by atoms with Crippen LogP contribution in [0.1, 0.15) is 57.4 Å². The first-order chi connectivity index (χ1) is 17.6. The number of nitrogens with one attached hydrogen (secondary N) is 2. The fraction of sp³-hybridized carbons (Fsp3) is 0.414. The summed E-state index contributed by atoms with van der Waals surface area (Å²) in [4.78, 5) is 29.2. The standard InChI is InChI=1S/C29H38N6O2/c1-6-16-34-20-33(17-15-27(34)36)19-22-9-11-23(12-10-22)30-28(37)31-26-18-25(29(3,4)5)32-35(26)24-13-7-21(2)8-14-24/h7-14,18H,6,15-17,19-20H2,1-5H3,(H2,30,31,37). The number of benzene rings is 2. The minimum atomic E-state index is -0.328. The highest BCUT2D eigenvalue weighted by molar-refractivity contribution is 5.99. The molecule has 1 aliphatic rings. The molecule has 1 aromatic heterocycles. The summed E-state index contributed by atoms with van der Waals surface area (Å²) in [6.45, 7) is 13.4. The van der Waals surface area contributed by atoms with Gasteiger partial charge in [0.1, 0.15) is 5.82 Å². The highest BCUT2D eigenvalue weighted by Gasteiger charge is 2.23. The largest absolute Gasteiger partial charge is 0.330 e. The first kappa shape index (κ1) is 26.4. The molecule has 0 atom stereocenters. The molecule has 2 heterocycles. The monoisotopic (exact) mass is 502 g/mol. The van der Waals surface area contributed by atoms with E-state index in [4.69, 9.17) is 5.10 Å². The molecule has 0 aliphatic carbocycles. The number of urea groups is 1. The van der Waals surface area contributed by atoms with Gasteiger partial charge in [0.25, 0.3) is 0 Å². The van der Waals surface area contributed by atoms with E-state index in [0.717, 1.165) is 48.6 Å². The average Bonchev–Trinajstić information content (AvgIpc) is 3.27. The van der Waals surface area contributed by atoms with E-state index in [-0.39, 0.29) is 17.4 Å². The Bertz CT molecular complexity index is 1220. The lowest BCUT2D eigenvalue weighted by atomic mass is 9.92. The molecule has 8 nitrogen and oxygen atoms in total. The van der Waals surface area contributed by atoms with Gasteiger partial charge in [-0.2, -0.15) is 5.10 Å². The third-order valence-corrected chi connectivity index (χ3v) is 6.47. The molecule has 0 saturated carbocycles. The first-order valence-corrected chi connectivity index (χ1v) is 13.0. The lowest BCUT2D eigenvalue weighted by Crippen LogP contribution is -2.47. The molecule has 2 aromatic carbocycles. The van der Waals surface area contributed by atoms with Crippen LogP contribution in [0.2, 0.25) is 0 Å². The molecule has 3 aromatic rings. The number of anilines is 2. The van der Waals surface area contributed by atoms with Crippen LogP contribution in [-0.2, 0) is 16.8 Å². The fourth-order valence-corrected chi connectivity index (χ4v) is 4.35. The number of carbonyl (C=O) groups is 2. The number of aryl methyl sites for hydroxylation is 1. The highest BCUT2D eigenvalue weighted by Crippen LogP contribution is 2.26. The maximum Gasteiger partial charge on any atom is 0.324 e. The van der Waals surface area contributed by atoms with Gasteiger partial charge in [0.15, 0.2) is 0 Å². The summed E-state index contributed by atoms with van der Waals surface area (Å²) < 4.78 is 1.77. The maximum atomic E-state index is 12.9. The molecule has 1 saturated heterocycles. The third-order valence-electron chi connectivity index (χ3n) is 6.47. The Labute approximate surface area is 219 Å². The van der Waals surface area contributed by atoms with Crippen LogP contribution in [0.3, 0.4) is 0 Å². The molecule has 0 unspecified atom stereocenters.